The highest BCUT2D eigenvalue weighted by Crippen LogP contribution is 2.23. The molecule has 1 aromatic heterocycles. The first kappa shape index (κ1) is 16.8. The van der Waals surface area contributed by atoms with Gasteiger partial charge in [-0.3, -0.25) is 9.78 Å². The Kier molecular flexibility index (Phi) is 4.61. The van der Waals surface area contributed by atoms with E-state index in [1.54, 1.807) is 25.1 Å². The Bertz CT molecular complexity index is 933. The Balaban J connectivity index is 1.80. The van der Waals surface area contributed by atoms with Crippen molar-refractivity contribution in [3.8, 4) is 11.3 Å². The highest BCUT2D eigenvalue weighted by Gasteiger charge is 2.10. The first-order valence-electron chi connectivity index (χ1n) is 8.05. The summed E-state index contributed by atoms with van der Waals surface area (Å²) in [4.78, 5) is 16.7. The Hall–Kier alpha value is -3.01. The van der Waals surface area contributed by atoms with E-state index in [1.165, 1.54) is 12.3 Å². The molecule has 1 heterocycles. The molecule has 3 nitrogen and oxygen atoms in total. The Morgan fingerprint density at radius 3 is 2.40 bits per heavy atom. The number of rotatable bonds is 3. The quantitative estimate of drug-likeness (QED) is 0.727. The van der Waals surface area contributed by atoms with Crippen LogP contribution in [0.25, 0.3) is 11.3 Å². The predicted molar refractivity (Wildman–Crippen MR) is 98.2 cm³/mol. The van der Waals surface area contributed by atoms with Gasteiger partial charge in [-0.1, -0.05) is 23.8 Å². The van der Waals surface area contributed by atoms with Crippen molar-refractivity contribution in [2.45, 2.75) is 20.8 Å². The molecule has 3 rings (SSSR count). The van der Waals surface area contributed by atoms with Crippen molar-refractivity contribution in [1.29, 1.82) is 0 Å². The molecule has 0 saturated carbocycles. The molecule has 0 spiro atoms. The van der Waals surface area contributed by atoms with Crippen LogP contribution in [0.2, 0.25) is 0 Å². The SMILES string of the molecule is Cc1ccc(C)c(-c2ccc(C(=O)Nc3ccc(C)c(F)c3)cn2)c1. The molecule has 0 fully saturated rings. The number of hydrogen-bond acceptors (Lipinski definition) is 2. The second-order valence-electron chi connectivity index (χ2n) is 6.17. The first-order valence-corrected chi connectivity index (χ1v) is 8.05. The van der Waals surface area contributed by atoms with Gasteiger partial charge in [0.25, 0.3) is 5.91 Å². The number of hydrogen-bond donors (Lipinski definition) is 1. The van der Waals surface area contributed by atoms with Gasteiger partial charge in [0.05, 0.1) is 11.3 Å². The van der Waals surface area contributed by atoms with Gasteiger partial charge in [0.15, 0.2) is 0 Å². The second kappa shape index (κ2) is 6.85. The van der Waals surface area contributed by atoms with Crippen molar-refractivity contribution in [3.05, 3.63) is 82.8 Å². The molecule has 1 amide bonds. The third-order valence-electron chi connectivity index (χ3n) is 4.12. The molecule has 0 aliphatic rings. The van der Waals surface area contributed by atoms with Gasteiger partial charge in [0.2, 0.25) is 0 Å². The highest BCUT2D eigenvalue weighted by molar-refractivity contribution is 6.04. The summed E-state index contributed by atoms with van der Waals surface area (Å²) >= 11 is 0. The number of amides is 1. The molecule has 25 heavy (non-hydrogen) atoms. The third-order valence-corrected chi connectivity index (χ3v) is 4.12. The number of aryl methyl sites for hydroxylation is 3. The van der Waals surface area contributed by atoms with Crippen molar-refractivity contribution in [2.75, 3.05) is 5.32 Å². The number of nitrogens with one attached hydrogen (secondary N) is 1. The zero-order valence-corrected chi connectivity index (χ0v) is 14.4. The maximum atomic E-state index is 13.6. The standard InChI is InChI=1S/C21H19FN2O/c1-13-4-5-14(2)18(10-13)20-9-7-16(12-23-20)21(25)24-17-8-6-15(3)19(22)11-17/h4-12H,1-3H3,(H,24,25). The second-order valence-corrected chi connectivity index (χ2v) is 6.17. The summed E-state index contributed by atoms with van der Waals surface area (Å²) in [5.41, 5.74) is 5.54. The fraction of sp³-hybridized carbons (Fsp3) is 0.143. The van der Waals surface area contributed by atoms with Crippen LogP contribution in [0.3, 0.4) is 0 Å². The number of pyridine rings is 1. The molecule has 0 saturated heterocycles. The van der Waals surface area contributed by atoms with Crippen molar-refractivity contribution >= 4 is 11.6 Å². The number of carbonyl (C=O) groups excluding carboxylic acids is 1. The van der Waals surface area contributed by atoms with E-state index >= 15 is 0 Å². The number of benzene rings is 2. The summed E-state index contributed by atoms with van der Waals surface area (Å²) in [6.07, 6.45) is 1.54. The van der Waals surface area contributed by atoms with Crippen LogP contribution < -0.4 is 5.32 Å². The predicted octanol–water partition coefficient (Wildman–Crippen LogP) is 5.07. The van der Waals surface area contributed by atoms with Crippen LogP contribution in [0.4, 0.5) is 10.1 Å². The Labute approximate surface area is 146 Å². The van der Waals surface area contributed by atoms with E-state index in [-0.39, 0.29) is 11.7 Å². The largest absolute Gasteiger partial charge is 0.322 e. The van der Waals surface area contributed by atoms with Crippen LogP contribution in [0.5, 0.6) is 0 Å². The molecule has 0 aliphatic carbocycles. The molecular formula is C21H19FN2O. The number of halogens is 1. The van der Waals surface area contributed by atoms with Crippen LogP contribution in [0, 0.1) is 26.6 Å². The Morgan fingerprint density at radius 1 is 0.960 bits per heavy atom. The minimum atomic E-state index is -0.346. The molecule has 0 bridgehead atoms. The van der Waals surface area contributed by atoms with Gasteiger partial charge >= 0.3 is 0 Å². The fourth-order valence-electron chi connectivity index (χ4n) is 2.57. The number of aromatic nitrogens is 1. The highest BCUT2D eigenvalue weighted by atomic mass is 19.1. The van der Waals surface area contributed by atoms with E-state index in [0.717, 1.165) is 22.4 Å². The van der Waals surface area contributed by atoms with Gasteiger partial charge in [-0.15, -0.1) is 0 Å². The van der Waals surface area contributed by atoms with Gasteiger partial charge in [0.1, 0.15) is 5.82 Å². The lowest BCUT2D eigenvalue weighted by Crippen LogP contribution is -2.12. The fourth-order valence-corrected chi connectivity index (χ4v) is 2.57. The molecule has 1 N–H and O–H groups in total. The molecule has 0 aliphatic heterocycles. The van der Waals surface area contributed by atoms with Crippen molar-refractivity contribution in [2.24, 2.45) is 0 Å². The van der Waals surface area contributed by atoms with E-state index < -0.39 is 0 Å². The number of nitrogens with zero attached hydrogens (tertiary/aromatic N) is 1. The molecule has 0 radical (unpaired) electrons. The summed E-state index contributed by atoms with van der Waals surface area (Å²) in [6.45, 7) is 5.74. The smallest absolute Gasteiger partial charge is 0.257 e. The normalized spacial score (nSPS) is 10.6. The van der Waals surface area contributed by atoms with Gasteiger partial charge in [-0.05, 0) is 62.2 Å². The first-order chi connectivity index (χ1) is 11.9. The molecule has 4 heteroatoms. The van der Waals surface area contributed by atoms with E-state index in [1.807, 2.05) is 19.9 Å². The zero-order chi connectivity index (χ0) is 18.0. The molecule has 3 aromatic rings. The van der Waals surface area contributed by atoms with Crippen molar-refractivity contribution < 1.29 is 9.18 Å². The van der Waals surface area contributed by atoms with Gasteiger partial charge < -0.3 is 5.32 Å². The van der Waals surface area contributed by atoms with E-state index in [0.29, 0.717) is 16.8 Å². The van der Waals surface area contributed by atoms with Crippen molar-refractivity contribution in [3.63, 3.8) is 0 Å². The summed E-state index contributed by atoms with van der Waals surface area (Å²) < 4.78 is 13.6. The van der Waals surface area contributed by atoms with E-state index in [4.69, 9.17) is 0 Å². The maximum absolute atomic E-state index is 13.6. The lowest BCUT2D eigenvalue weighted by Gasteiger charge is -2.09. The zero-order valence-electron chi connectivity index (χ0n) is 14.4. The van der Waals surface area contributed by atoms with Gasteiger partial charge in [0, 0.05) is 17.4 Å². The van der Waals surface area contributed by atoms with Gasteiger partial charge in [-0.2, -0.15) is 0 Å². The Morgan fingerprint density at radius 2 is 1.72 bits per heavy atom. The summed E-state index contributed by atoms with van der Waals surface area (Å²) in [5, 5.41) is 2.69. The molecular weight excluding hydrogens is 315 g/mol. The third kappa shape index (κ3) is 3.74. The topological polar surface area (TPSA) is 42.0 Å². The van der Waals surface area contributed by atoms with E-state index in [2.05, 4.69) is 28.5 Å². The van der Waals surface area contributed by atoms with E-state index in [9.17, 15) is 9.18 Å². The lowest BCUT2D eigenvalue weighted by molar-refractivity contribution is 0.102. The van der Waals surface area contributed by atoms with Crippen LogP contribution >= 0.6 is 0 Å². The summed E-state index contributed by atoms with van der Waals surface area (Å²) in [7, 11) is 0. The minimum Gasteiger partial charge on any atom is -0.322 e. The molecule has 126 valence electrons. The van der Waals surface area contributed by atoms with Gasteiger partial charge in [-0.25, -0.2) is 4.39 Å². The van der Waals surface area contributed by atoms with Crippen LogP contribution in [0.15, 0.2) is 54.7 Å². The van der Waals surface area contributed by atoms with Crippen LogP contribution in [-0.2, 0) is 0 Å². The average Bonchev–Trinajstić information content (AvgIpc) is 2.60. The molecule has 2 aromatic carbocycles. The monoisotopic (exact) mass is 334 g/mol. The summed E-state index contributed by atoms with van der Waals surface area (Å²) in [6, 6.07) is 14.4. The average molecular weight is 334 g/mol. The lowest BCUT2D eigenvalue weighted by atomic mass is 10.0. The maximum Gasteiger partial charge on any atom is 0.257 e. The summed E-state index contributed by atoms with van der Waals surface area (Å²) in [5.74, 6) is -0.663. The number of anilines is 1. The number of carbonyl (C=O) groups is 1. The van der Waals surface area contributed by atoms with Crippen molar-refractivity contribution in [1.82, 2.24) is 4.98 Å². The minimum absolute atomic E-state index is 0.316. The van der Waals surface area contributed by atoms with Crippen LogP contribution in [-0.4, -0.2) is 10.9 Å². The van der Waals surface area contributed by atoms with Crippen LogP contribution in [0.1, 0.15) is 27.0 Å². The molecule has 0 atom stereocenters. The molecule has 0 unspecified atom stereocenters.